The Morgan fingerprint density at radius 2 is 2.16 bits per heavy atom. The van der Waals surface area contributed by atoms with Gasteiger partial charge in [0.05, 0.1) is 6.61 Å². The molecule has 1 unspecified atom stereocenters. The van der Waals surface area contributed by atoms with Gasteiger partial charge in [-0.15, -0.1) is 0 Å². The molecule has 0 spiro atoms. The molecule has 1 heterocycles. The molecule has 4 heteroatoms. The first-order valence-electron chi connectivity index (χ1n) is 6.79. The van der Waals surface area contributed by atoms with Crippen molar-refractivity contribution in [3.63, 3.8) is 0 Å². The van der Waals surface area contributed by atoms with Crippen LogP contribution in [0.1, 0.15) is 25.0 Å². The zero-order chi connectivity index (χ0) is 13.7. The van der Waals surface area contributed by atoms with Gasteiger partial charge in [-0.3, -0.25) is 4.79 Å². The van der Waals surface area contributed by atoms with Gasteiger partial charge < -0.3 is 14.8 Å². The van der Waals surface area contributed by atoms with Crippen LogP contribution in [0.4, 0.5) is 0 Å². The Balaban J connectivity index is 1.88. The van der Waals surface area contributed by atoms with Crippen molar-refractivity contribution in [2.24, 2.45) is 0 Å². The van der Waals surface area contributed by atoms with Crippen molar-refractivity contribution in [2.75, 3.05) is 13.2 Å². The van der Waals surface area contributed by atoms with Gasteiger partial charge in [0.2, 0.25) is 0 Å². The summed E-state index contributed by atoms with van der Waals surface area (Å²) in [5, 5.41) is 3.22. The first kappa shape index (κ1) is 14.0. The highest BCUT2D eigenvalue weighted by molar-refractivity contribution is 5.76. The lowest BCUT2D eigenvalue weighted by Crippen LogP contribution is -2.44. The molecule has 1 aliphatic rings. The van der Waals surface area contributed by atoms with Crippen molar-refractivity contribution in [3.05, 3.63) is 35.4 Å². The van der Waals surface area contributed by atoms with Crippen LogP contribution >= 0.6 is 0 Å². The van der Waals surface area contributed by atoms with Crippen LogP contribution in [-0.2, 0) is 27.2 Å². The summed E-state index contributed by atoms with van der Waals surface area (Å²) >= 11 is 0. The maximum absolute atomic E-state index is 12.0. The van der Waals surface area contributed by atoms with Crippen LogP contribution in [0.15, 0.2) is 24.3 Å². The van der Waals surface area contributed by atoms with Crippen LogP contribution in [0.5, 0.6) is 0 Å². The number of hydrogen-bond donors (Lipinski definition) is 1. The van der Waals surface area contributed by atoms with Crippen LogP contribution < -0.4 is 5.32 Å². The van der Waals surface area contributed by atoms with Gasteiger partial charge in [-0.2, -0.15) is 0 Å². The molecular formula is C15H21NO3. The van der Waals surface area contributed by atoms with Gasteiger partial charge in [-0.1, -0.05) is 24.3 Å². The molecule has 2 rings (SSSR count). The summed E-state index contributed by atoms with van der Waals surface area (Å²) in [4.78, 5) is 12.0. The minimum Gasteiger partial charge on any atom is -0.459 e. The molecule has 19 heavy (non-hydrogen) atoms. The van der Waals surface area contributed by atoms with Crippen molar-refractivity contribution < 1.29 is 14.3 Å². The molecule has 0 fully saturated rings. The minimum absolute atomic E-state index is 0.193. The number of hydrogen-bond acceptors (Lipinski definition) is 4. The Bertz CT molecular complexity index is 433. The summed E-state index contributed by atoms with van der Waals surface area (Å²) in [6.07, 6.45) is 0.488. The monoisotopic (exact) mass is 263 g/mol. The molecule has 0 saturated heterocycles. The van der Waals surface area contributed by atoms with E-state index in [1.54, 1.807) is 0 Å². The van der Waals surface area contributed by atoms with E-state index < -0.39 is 0 Å². The van der Waals surface area contributed by atoms with Crippen LogP contribution in [0.3, 0.4) is 0 Å². The molecule has 0 aromatic heterocycles. The number of ether oxygens (including phenoxy) is 2. The quantitative estimate of drug-likeness (QED) is 0.821. The fourth-order valence-corrected chi connectivity index (χ4v) is 2.22. The molecule has 0 aliphatic carbocycles. The maximum Gasteiger partial charge on any atom is 0.323 e. The fraction of sp³-hybridized carbons (Fsp3) is 0.533. The van der Waals surface area contributed by atoms with E-state index in [0.717, 1.165) is 6.54 Å². The first-order valence-corrected chi connectivity index (χ1v) is 6.79. The van der Waals surface area contributed by atoms with Crippen molar-refractivity contribution in [2.45, 2.75) is 39.0 Å². The molecule has 4 nitrogen and oxygen atoms in total. The van der Waals surface area contributed by atoms with Gasteiger partial charge in [0, 0.05) is 13.2 Å². The van der Waals surface area contributed by atoms with Gasteiger partial charge in [-0.05, 0) is 31.4 Å². The second-order valence-corrected chi connectivity index (χ2v) is 4.81. The van der Waals surface area contributed by atoms with Gasteiger partial charge in [0.1, 0.15) is 12.1 Å². The standard InChI is InChI=1S/C15H21NO3/c1-3-18-10-11(2)19-15(17)14-8-12-6-4-5-7-13(12)9-16-14/h4-7,11,14,16H,3,8-10H2,1-2H3/t11?,14-/m1/s1. The van der Waals surface area contributed by atoms with Crippen molar-refractivity contribution in [3.8, 4) is 0 Å². The molecule has 0 amide bonds. The minimum atomic E-state index is -0.251. The predicted octanol–water partition coefficient (Wildman–Crippen LogP) is 1.67. The Hall–Kier alpha value is -1.39. The molecule has 1 aromatic carbocycles. The number of rotatable bonds is 5. The summed E-state index contributed by atoms with van der Waals surface area (Å²) in [5.74, 6) is -0.193. The average Bonchev–Trinajstić information content (AvgIpc) is 2.44. The lowest BCUT2D eigenvalue weighted by molar-refractivity contribution is -0.153. The van der Waals surface area contributed by atoms with Crippen LogP contribution in [0, 0.1) is 0 Å². The van der Waals surface area contributed by atoms with E-state index in [-0.39, 0.29) is 18.1 Å². The second-order valence-electron chi connectivity index (χ2n) is 4.81. The predicted molar refractivity (Wildman–Crippen MR) is 72.8 cm³/mol. The Morgan fingerprint density at radius 1 is 1.42 bits per heavy atom. The lowest BCUT2D eigenvalue weighted by atomic mass is 9.96. The molecule has 0 radical (unpaired) electrons. The summed E-state index contributed by atoms with van der Waals surface area (Å²) in [5.41, 5.74) is 2.48. The van der Waals surface area contributed by atoms with Crippen molar-refractivity contribution in [1.29, 1.82) is 0 Å². The highest BCUT2D eigenvalue weighted by Crippen LogP contribution is 2.17. The summed E-state index contributed by atoms with van der Waals surface area (Å²) in [7, 11) is 0. The molecule has 2 atom stereocenters. The van der Waals surface area contributed by atoms with Crippen LogP contribution in [0.25, 0.3) is 0 Å². The summed E-state index contributed by atoms with van der Waals surface area (Å²) in [6, 6.07) is 7.92. The molecule has 1 aromatic rings. The lowest BCUT2D eigenvalue weighted by Gasteiger charge is -2.25. The Morgan fingerprint density at radius 3 is 2.89 bits per heavy atom. The topological polar surface area (TPSA) is 47.6 Å². The summed E-state index contributed by atoms with van der Waals surface area (Å²) in [6.45, 7) is 5.58. The van der Waals surface area contributed by atoms with E-state index in [1.807, 2.05) is 26.0 Å². The number of carbonyl (C=O) groups is 1. The van der Waals surface area contributed by atoms with Gasteiger partial charge in [-0.25, -0.2) is 0 Å². The molecule has 1 aliphatic heterocycles. The van der Waals surface area contributed by atoms with E-state index in [0.29, 0.717) is 19.6 Å². The van der Waals surface area contributed by atoms with Gasteiger partial charge in [0.25, 0.3) is 0 Å². The summed E-state index contributed by atoms with van der Waals surface area (Å²) < 4.78 is 10.6. The third-order valence-electron chi connectivity index (χ3n) is 3.24. The third kappa shape index (κ3) is 3.78. The third-order valence-corrected chi connectivity index (χ3v) is 3.24. The van der Waals surface area contributed by atoms with Gasteiger partial charge >= 0.3 is 5.97 Å². The maximum atomic E-state index is 12.0. The zero-order valence-corrected chi connectivity index (χ0v) is 11.5. The van der Waals surface area contributed by atoms with E-state index in [2.05, 4.69) is 17.4 Å². The first-order chi connectivity index (χ1) is 9.20. The second kappa shape index (κ2) is 6.68. The molecule has 0 bridgehead atoms. The zero-order valence-electron chi connectivity index (χ0n) is 11.5. The molecule has 1 N–H and O–H groups in total. The SMILES string of the molecule is CCOCC(C)OC(=O)[C@H]1Cc2ccccc2CN1. The van der Waals surface area contributed by atoms with E-state index in [9.17, 15) is 4.79 Å². The number of fused-ring (bicyclic) bond motifs is 1. The van der Waals surface area contributed by atoms with Crippen molar-refractivity contribution in [1.82, 2.24) is 5.32 Å². The van der Waals surface area contributed by atoms with Crippen LogP contribution in [0.2, 0.25) is 0 Å². The number of esters is 1. The molecule has 0 saturated carbocycles. The Labute approximate surface area is 114 Å². The van der Waals surface area contributed by atoms with E-state index in [1.165, 1.54) is 11.1 Å². The van der Waals surface area contributed by atoms with Crippen LogP contribution in [-0.4, -0.2) is 31.3 Å². The molecular weight excluding hydrogens is 242 g/mol. The van der Waals surface area contributed by atoms with Crippen molar-refractivity contribution >= 4 is 5.97 Å². The highest BCUT2D eigenvalue weighted by atomic mass is 16.6. The van der Waals surface area contributed by atoms with Gasteiger partial charge in [0.15, 0.2) is 0 Å². The number of carbonyl (C=O) groups excluding carboxylic acids is 1. The fourth-order valence-electron chi connectivity index (χ4n) is 2.22. The number of nitrogens with one attached hydrogen (secondary N) is 1. The number of benzene rings is 1. The highest BCUT2D eigenvalue weighted by Gasteiger charge is 2.26. The Kier molecular flexibility index (Phi) is 4.93. The largest absolute Gasteiger partial charge is 0.459 e. The smallest absolute Gasteiger partial charge is 0.323 e. The normalized spacial score (nSPS) is 19.6. The molecule has 104 valence electrons. The average molecular weight is 263 g/mol. The van der Waals surface area contributed by atoms with E-state index in [4.69, 9.17) is 9.47 Å². The van der Waals surface area contributed by atoms with E-state index >= 15 is 0 Å².